The van der Waals surface area contributed by atoms with E-state index in [0.717, 1.165) is 0 Å². The lowest BCUT2D eigenvalue weighted by atomic mass is 10.3. The van der Waals surface area contributed by atoms with E-state index in [4.69, 9.17) is 4.42 Å². The van der Waals surface area contributed by atoms with Crippen LogP contribution >= 0.6 is 0 Å². The van der Waals surface area contributed by atoms with E-state index in [2.05, 4.69) is 10.3 Å². The molecule has 0 aliphatic carbocycles. The van der Waals surface area contributed by atoms with Crippen LogP contribution in [-0.2, 0) is 9.84 Å². The molecule has 20 heavy (non-hydrogen) atoms. The monoisotopic (exact) mass is 299 g/mol. The SMILES string of the molecule is CCS(=O)(=O)CCNc1nc2ccc([N+](=O)[O-])cc2o1. The Hall–Kier alpha value is -2.16. The Morgan fingerprint density at radius 1 is 1.45 bits per heavy atom. The second-order valence-corrected chi connectivity index (χ2v) is 6.56. The number of non-ortho nitro benzene ring substituents is 1. The maximum Gasteiger partial charge on any atom is 0.295 e. The highest BCUT2D eigenvalue weighted by atomic mass is 32.2. The summed E-state index contributed by atoms with van der Waals surface area (Å²) in [5.74, 6) is 0.0524. The molecule has 0 aliphatic heterocycles. The van der Waals surface area contributed by atoms with Gasteiger partial charge in [-0.05, 0) is 6.07 Å². The summed E-state index contributed by atoms with van der Waals surface area (Å²) in [5, 5.41) is 13.4. The number of oxazole rings is 1. The summed E-state index contributed by atoms with van der Waals surface area (Å²) >= 11 is 0. The van der Waals surface area contributed by atoms with Gasteiger partial charge in [-0.2, -0.15) is 4.98 Å². The molecule has 2 aromatic rings. The number of hydrogen-bond donors (Lipinski definition) is 1. The van der Waals surface area contributed by atoms with Gasteiger partial charge in [-0.25, -0.2) is 8.42 Å². The molecule has 0 radical (unpaired) electrons. The van der Waals surface area contributed by atoms with Gasteiger partial charge in [-0.1, -0.05) is 6.92 Å². The zero-order valence-corrected chi connectivity index (χ0v) is 11.5. The maximum absolute atomic E-state index is 11.3. The minimum absolute atomic E-state index is 0.0254. The third kappa shape index (κ3) is 3.23. The molecule has 1 aromatic heterocycles. The molecule has 0 saturated heterocycles. The van der Waals surface area contributed by atoms with Gasteiger partial charge in [-0.3, -0.25) is 10.1 Å². The Labute approximate surface area is 114 Å². The number of nitro groups is 1. The smallest absolute Gasteiger partial charge is 0.295 e. The number of sulfone groups is 1. The average molecular weight is 299 g/mol. The first kappa shape index (κ1) is 14.3. The summed E-state index contributed by atoms with van der Waals surface area (Å²) in [6.45, 7) is 1.75. The Morgan fingerprint density at radius 2 is 2.20 bits per heavy atom. The van der Waals surface area contributed by atoms with Crippen LogP contribution in [0.25, 0.3) is 11.1 Å². The fourth-order valence-electron chi connectivity index (χ4n) is 1.56. The first-order valence-corrected chi connectivity index (χ1v) is 7.72. The number of rotatable bonds is 6. The van der Waals surface area contributed by atoms with Crippen LogP contribution in [0.1, 0.15) is 6.92 Å². The molecule has 0 unspecified atom stereocenters. The molecular formula is C11H13N3O5S. The summed E-state index contributed by atoms with van der Waals surface area (Å²) in [7, 11) is -3.06. The van der Waals surface area contributed by atoms with E-state index in [0.29, 0.717) is 5.52 Å². The predicted molar refractivity (Wildman–Crippen MR) is 73.5 cm³/mol. The van der Waals surface area contributed by atoms with Crippen molar-refractivity contribution in [1.29, 1.82) is 0 Å². The fourth-order valence-corrected chi connectivity index (χ4v) is 2.26. The molecule has 1 aromatic carbocycles. The van der Waals surface area contributed by atoms with Crippen LogP contribution in [0.4, 0.5) is 11.7 Å². The van der Waals surface area contributed by atoms with Crippen LogP contribution < -0.4 is 5.32 Å². The molecule has 0 bridgehead atoms. The van der Waals surface area contributed by atoms with Crippen molar-refractivity contribution in [3.63, 3.8) is 0 Å². The van der Waals surface area contributed by atoms with Crippen molar-refractivity contribution in [1.82, 2.24) is 4.98 Å². The fraction of sp³-hybridized carbons (Fsp3) is 0.364. The number of hydrogen-bond acceptors (Lipinski definition) is 7. The first-order valence-electron chi connectivity index (χ1n) is 5.90. The zero-order valence-electron chi connectivity index (χ0n) is 10.7. The standard InChI is InChI=1S/C11H13N3O5S/c1-2-20(17,18)6-5-12-11-13-9-4-3-8(14(15)16)7-10(9)19-11/h3-4,7H,2,5-6H2,1H3,(H,12,13). The number of nitrogens with zero attached hydrogens (tertiary/aromatic N) is 2. The Balaban J connectivity index is 2.10. The molecule has 0 amide bonds. The highest BCUT2D eigenvalue weighted by Crippen LogP contribution is 2.23. The first-order chi connectivity index (χ1) is 9.41. The van der Waals surface area contributed by atoms with E-state index >= 15 is 0 Å². The van der Waals surface area contributed by atoms with Gasteiger partial charge >= 0.3 is 0 Å². The molecule has 2 rings (SSSR count). The summed E-state index contributed by atoms with van der Waals surface area (Å²) in [5.41, 5.74) is 0.658. The van der Waals surface area contributed by atoms with Crippen LogP contribution in [0.5, 0.6) is 0 Å². The van der Waals surface area contributed by atoms with Gasteiger partial charge < -0.3 is 9.73 Å². The topological polar surface area (TPSA) is 115 Å². The molecule has 0 spiro atoms. The number of fused-ring (bicyclic) bond motifs is 1. The van der Waals surface area contributed by atoms with Gasteiger partial charge in [0.25, 0.3) is 11.7 Å². The lowest BCUT2D eigenvalue weighted by molar-refractivity contribution is -0.384. The molecule has 108 valence electrons. The maximum atomic E-state index is 11.3. The number of anilines is 1. The molecule has 0 aliphatic rings. The highest BCUT2D eigenvalue weighted by molar-refractivity contribution is 7.91. The Bertz CT molecular complexity index is 738. The largest absolute Gasteiger partial charge is 0.423 e. The quantitative estimate of drug-likeness (QED) is 0.636. The summed E-state index contributed by atoms with van der Waals surface area (Å²) in [4.78, 5) is 14.2. The van der Waals surface area contributed by atoms with E-state index in [1.54, 1.807) is 6.92 Å². The van der Waals surface area contributed by atoms with Crippen LogP contribution in [0.2, 0.25) is 0 Å². The lowest BCUT2D eigenvalue weighted by Gasteiger charge is -2.01. The summed E-state index contributed by atoms with van der Waals surface area (Å²) < 4.78 is 27.9. The zero-order chi connectivity index (χ0) is 14.8. The van der Waals surface area contributed by atoms with E-state index in [1.165, 1.54) is 18.2 Å². The normalized spacial score (nSPS) is 11.7. The van der Waals surface area contributed by atoms with E-state index < -0.39 is 14.8 Å². The van der Waals surface area contributed by atoms with Crippen molar-refractivity contribution in [2.24, 2.45) is 0 Å². The van der Waals surface area contributed by atoms with E-state index in [1.807, 2.05) is 0 Å². The number of nitro benzene ring substituents is 1. The molecule has 1 heterocycles. The summed E-state index contributed by atoms with van der Waals surface area (Å²) in [6, 6.07) is 4.23. The second kappa shape index (κ2) is 5.45. The number of benzene rings is 1. The average Bonchev–Trinajstić information content (AvgIpc) is 2.79. The molecule has 1 N–H and O–H groups in total. The molecule has 0 atom stereocenters. The van der Waals surface area contributed by atoms with E-state index in [-0.39, 0.29) is 35.3 Å². The van der Waals surface area contributed by atoms with Crippen LogP contribution in [0, 0.1) is 10.1 Å². The summed E-state index contributed by atoms with van der Waals surface area (Å²) in [6.07, 6.45) is 0. The van der Waals surface area contributed by atoms with Crippen molar-refractivity contribution in [2.45, 2.75) is 6.92 Å². The van der Waals surface area contributed by atoms with Gasteiger partial charge in [-0.15, -0.1) is 0 Å². The Morgan fingerprint density at radius 3 is 2.85 bits per heavy atom. The van der Waals surface area contributed by atoms with Crippen molar-refractivity contribution >= 4 is 32.6 Å². The molecule has 0 fully saturated rings. The van der Waals surface area contributed by atoms with Crippen molar-refractivity contribution < 1.29 is 17.8 Å². The molecule has 0 saturated carbocycles. The predicted octanol–water partition coefficient (Wildman–Crippen LogP) is 1.58. The van der Waals surface area contributed by atoms with E-state index in [9.17, 15) is 18.5 Å². The van der Waals surface area contributed by atoms with Crippen LogP contribution in [-0.4, -0.2) is 36.4 Å². The third-order valence-corrected chi connectivity index (χ3v) is 4.42. The van der Waals surface area contributed by atoms with Gasteiger partial charge in [0.05, 0.1) is 16.7 Å². The Kier molecular flexibility index (Phi) is 3.89. The van der Waals surface area contributed by atoms with Crippen molar-refractivity contribution in [3.05, 3.63) is 28.3 Å². The van der Waals surface area contributed by atoms with Crippen LogP contribution in [0.15, 0.2) is 22.6 Å². The minimum atomic E-state index is -3.06. The van der Waals surface area contributed by atoms with Gasteiger partial charge in [0.15, 0.2) is 15.4 Å². The number of nitrogens with one attached hydrogen (secondary N) is 1. The number of aromatic nitrogens is 1. The molecule has 9 heteroatoms. The minimum Gasteiger partial charge on any atom is -0.423 e. The van der Waals surface area contributed by atoms with Gasteiger partial charge in [0.2, 0.25) is 0 Å². The lowest BCUT2D eigenvalue weighted by Crippen LogP contribution is -2.17. The van der Waals surface area contributed by atoms with Crippen molar-refractivity contribution in [3.8, 4) is 0 Å². The van der Waals surface area contributed by atoms with Crippen molar-refractivity contribution in [2.75, 3.05) is 23.4 Å². The van der Waals surface area contributed by atoms with Gasteiger partial charge in [0.1, 0.15) is 5.52 Å². The van der Waals surface area contributed by atoms with Gasteiger partial charge in [0, 0.05) is 18.4 Å². The molecular weight excluding hydrogens is 286 g/mol. The van der Waals surface area contributed by atoms with Crippen LogP contribution in [0.3, 0.4) is 0 Å². The molecule has 8 nitrogen and oxygen atoms in total. The third-order valence-electron chi connectivity index (χ3n) is 2.71. The highest BCUT2D eigenvalue weighted by Gasteiger charge is 2.12. The second-order valence-electron chi connectivity index (χ2n) is 4.09.